The van der Waals surface area contributed by atoms with Crippen LogP contribution in [0.15, 0.2) is 6.20 Å². The molecule has 1 aliphatic carbocycles. The van der Waals surface area contributed by atoms with Gasteiger partial charge < -0.3 is 11.1 Å². The summed E-state index contributed by atoms with van der Waals surface area (Å²) in [5.41, 5.74) is 6.10. The fraction of sp³-hybridized carbons (Fsp3) is 0.714. The Morgan fingerprint density at radius 1 is 1.70 bits per heavy atom. The van der Waals surface area contributed by atoms with Crippen molar-refractivity contribution in [3.8, 4) is 0 Å². The van der Waals surface area contributed by atoms with Crippen LogP contribution in [0.1, 0.15) is 38.3 Å². The molecule has 2 atom stereocenters. The number of halogens is 1. The summed E-state index contributed by atoms with van der Waals surface area (Å²) < 4.78 is 1.90. The zero-order valence-corrected chi connectivity index (χ0v) is 12.9. The number of rotatable bonds is 6. The first-order chi connectivity index (χ1) is 9.51. The minimum Gasteiger partial charge on any atom is -0.368 e. The van der Waals surface area contributed by atoms with Crippen LogP contribution < -0.4 is 11.1 Å². The van der Waals surface area contributed by atoms with E-state index in [-0.39, 0.29) is 11.8 Å². The van der Waals surface area contributed by atoms with Crippen molar-refractivity contribution in [1.29, 1.82) is 0 Å². The maximum atomic E-state index is 11.9. The van der Waals surface area contributed by atoms with Gasteiger partial charge in [-0.2, -0.15) is 5.10 Å². The number of carbonyl (C=O) groups excluding carboxylic acids is 1. The van der Waals surface area contributed by atoms with Gasteiger partial charge in [-0.1, -0.05) is 24.9 Å². The van der Waals surface area contributed by atoms with Gasteiger partial charge in [0.05, 0.1) is 16.9 Å². The van der Waals surface area contributed by atoms with Gasteiger partial charge in [0, 0.05) is 6.54 Å². The van der Waals surface area contributed by atoms with E-state index in [4.69, 9.17) is 17.3 Å². The van der Waals surface area contributed by atoms with Crippen molar-refractivity contribution in [2.45, 2.75) is 51.6 Å². The predicted octanol–water partition coefficient (Wildman–Crippen LogP) is 1.87. The van der Waals surface area contributed by atoms with Crippen LogP contribution in [0.5, 0.6) is 0 Å². The summed E-state index contributed by atoms with van der Waals surface area (Å²) in [6, 6.07) is 0. The standard InChI is InChI=1S/C14H23ClN4O/c1-3-17-14(13(16)20)7-4-5-11(14)6-8-19-10(2)12(15)9-18-19/h9,11,17H,3-8H2,1-2H3,(H2,16,20). The van der Waals surface area contributed by atoms with Crippen molar-refractivity contribution >= 4 is 17.5 Å². The van der Waals surface area contributed by atoms with Crippen LogP contribution in [0.2, 0.25) is 5.02 Å². The fourth-order valence-corrected chi connectivity index (χ4v) is 3.50. The van der Waals surface area contributed by atoms with Gasteiger partial charge in [-0.15, -0.1) is 0 Å². The number of nitrogens with one attached hydrogen (secondary N) is 1. The smallest absolute Gasteiger partial charge is 0.238 e. The molecule has 2 unspecified atom stereocenters. The second kappa shape index (κ2) is 6.14. The summed E-state index contributed by atoms with van der Waals surface area (Å²) in [6.07, 6.45) is 5.45. The lowest BCUT2D eigenvalue weighted by atomic mass is 9.83. The van der Waals surface area contributed by atoms with Crippen LogP contribution in [0.4, 0.5) is 0 Å². The Balaban J connectivity index is 2.07. The molecule has 3 N–H and O–H groups in total. The second-order valence-corrected chi connectivity index (χ2v) is 5.95. The third-order valence-corrected chi connectivity index (χ3v) is 4.86. The minimum absolute atomic E-state index is 0.225. The molecule has 1 aromatic heterocycles. The van der Waals surface area contributed by atoms with Crippen molar-refractivity contribution in [3.63, 3.8) is 0 Å². The van der Waals surface area contributed by atoms with Gasteiger partial charge in [0.2, 0.25) is 5.91 Å². The lowest BCUT2D eigenvalue weighted by Gasteiger charge is -2.33. The molecular formula is C14H23ClN4O. The zero-order valence-electron chi connectivity index (χ0n) is 12.2. The highest BCUT2D eigenvalue weighted by atomic mass is 35.5. The van der Waals surface area contributed by atoms with Crippen LogP contribution >= 0.6 is 11.6 Å². The topological polar surface area (TPSA) is 72.9 Å². The Morgan fingerprint density at radius 2 is 2.45 bits per heavy atom. The normalized spacial score (nSPS) is 26.1. The largest absolute Gasteiger partial charge is 0.368 e. The molecule has 1 saturated carbocycles. The molecule has 5 nitrogen and oxygen atoms in total. The highest BCUT2D eigenvalue weighted by molar-refractivity contribution is 6.31. The summed E-state index contributed by atoms with van der Waals surface area (Å²) in [6.45, 7) is 5.49. The number of aryl methyl sites for hydroxylation is 1. The Bertz CT molecular complexity index is 488. The number of amides is 1. The van der Waals surface area contributed by atoms with Gasteiger partial charge >= 0.3 is 0 Å². The molecule has 1 amide bonds. The SMILES string of the molecule is CCNC1(C(N)=O)CCCC1CCn1ncc(Cl)c1C. The monoisotopic (exact) mass is 298 g/mol. The number of hydrogen-bond acceptors (Lipinski definition) is 3. The van der Waals surface area contributed by atoms with Gasteiger partial charge in [0.1, 0.15) is 5.54 Å². The van der Waals surface area contributed by atoms with E-state index in [0.29, 0.717) is 5.02 Å². The first-order valence-corrected chi connectivity index (χ1v) is 7.62. The predicted molar refractivity (Wildman–Crippen MR) is 79.5 cm³/mol. The van der Waals surface area contributed by atoms with Gasteiger partial charge in [-0.05, 0) is 38.6 Å². The van der Waals surface area contributed by atoms with Crippen LogP contribution in [0, 0.1) is 12.8 Å². The maximum Gasteiger partial charge on any atom is 0.238 e. The number of likely N-dealkylation sites (N-methyl/N-ethyl adjacent to an activating group) is 1. The lowest BCUT2D eigenvalue weighted by molar-refractivity contribution is -0.126. The van der Waals surface area contributed by atoms with E-state index in [9.17, 15) is 4.79 Å². The van der Waals surface area contributed by atoms with Crippen molar-refractivity contribution in [2.75, 3.05) is 6.54 Å². The second-order valence-electron chi connectivity index (χ2n) is 5.54. The quantitative estimate of drug-likeness (QED) is 0.842. The van der Waals surface area contributed by atoms with Gasteiger partial charge in [-0.3, -0.25) is 9.48 Å². The van der Waals surface area contributed by atoms with Gasteiger partial charge in [0.15, 0.2) is 0 Å². The molecule has 20 heavy (non-hydrogen) atoms. The van der Waals surface area contributed by atoms with E-state index in [2.05, 4.69) is 10.4 Å². The molecule has 0 aliphatic heterocycles. The first kappa shape index (κ1) is 15.3. The van der Waals surface area contributed by atoms with E-state index in [1.54, 1.807) is 6.20 Å². The van der Waals surface area contributed by atoms with E-state index < -0.39 is 5.54 Å². The van der Waals surface area contributed by atoms with E-state index in [1.165, 1.54) is 0 Å². The number of nitrogens with two attached hydrogens (primary N) is 1. The summed E-state index contributed by atoms with van der Waals surface area (Å²) in [7, 11) is 0. The van der Waals surface area contributed by atoms with Gasteiger partial charge in [0.25, 0.3) is 0 Å². The molecule has 0 bridgehead atoms. The molecule has 0 radical (unpaired) electrons. The number of hydrogen-bond donors (Lipinski definition) is 2. The average Bonchev–Trinajstić information content (AvgIpc) is 2.95. The third-order valence-electron chi connectivity index (χ3n) is 4.49. The molecule has 0 spiro atoms. The first-order valence-electron chi connectivity index (χ1n) is 7.24. The highest BCUT2D eigenvalue weighted by Crippen LogP contribution is 2.38. The molecular weight excluding hydrogens is 276 g/mol. The third kappa shape index (κ3) is 2.69. The summed E-state index contributed by atoms with van der Waals surface area (Å²) in [5.74, 6) is 0.0411. The Morgan fingerprint density at radius 3 is 3.00 bits per heavy atom. The summed E-state index contributed by atoms with van der Waals surface area (Å²) in [5, 5.41) is 8.28. The number of carbonyl (C=O) groups is 1. The van der Waals surface area contributed by atoms with Crippen LogP contribution in [-0.2, 0) is 11.3 Å². The summed E-state index contributed by atoms with van der Waals surface area (Å²) in [4.78, 5) is 11.9. The lowest BCUT2D eigenvalue weighted by Crippen LogP contribution is -2.58. The van der Waals surface area contributed by atoms with Crippen molar-refractivity contribution in [2.24, 2.45) is 11.7 Å². The van der Waals surface area contributed by atoms with Crippen molar-refractivity contribution in [1.82, 2.24) is 15.1 Å². The molecule has 0 saturated heterocycles. The zero-order chi connectivity index (χ0) is 14.8. The molecule has 6 heteroatoms. The van der Waals surface area contributed by atoms with E-state index >= 15 is 0 Å². The number of aromatic nitrogens is 2. The van der Waals surface area contributed by atoms with E-state index in [0.717, 1.165) is 44.5 Å². The van der Waals surface area contributed by atoms with Crippen molar-refractivity contribution < 1.29 is 4.79 Å². The van der Waals surface area contributed by atoms with Crippen LogP contribution in [0.25, 0.3) is 0 Å². The van der Waals surface area contributed by atoms with Crippen molar-refractivity contribution in [3.05, 3.63) is 16.9 Å². The van der Waals surface area contributed by atoms with E-state index in [1.807, 2.05) is 18.5 Å². The van der Waals surface area contributed by atoms with Gasteiger partial charge in [-0.25, -0.2) is 0 Å². The number of nitrogens with zero attached hydrogens (tertiary/aromatic N) is 2. The molecule has 0 aromatic carbocycles. The molecule has 1 heterocycles. The molecule has 1 aliphatic rings. The average molecular weight is 299 g/mol. The maximum absolute atomic E-state index is 11.9. The molecule has 112 valence electrons. The highest BCUT2D eigenvalue weighted by Gasteiger charge is 2.46. The molecule has 1 aromatic rings. The molecule has 2 rings (SSSR count). The Kier molecular flexibility index (Phi) is 4.70. The molecule has 1 fully saturated rings. The Hall–Kier alpha value is -1.07. The number of primary amides is 1. The van der Waals surface area contributed by atoms with Crippen LogP contribution in [-0.4, -0.2) is 27.8 Å². The Labute approximate surface area is 124 Å². The van der Waals surface area contributed by atoms with Crippen LogP contribution in [0.3, 0.4) is 0 Å². The fourth-order valence-electron chi connectivity index (χ4n) is 3.36. The minimum atomic E-state index is -0.542. The summed E-state index contributed by atoms with van der Waals surface area (Å²) >= 11 is 6.01.